The van der Waals surface area contributed by atoms with E-state index in [1.165, 1.54) is 0 Å². The molecule has 0 fully saturated rings. The zero-order chi connectivity index (χ0) is 9.14. The van der Waals surface area contributed by atoms with Crippen LogP contribution >= 0.6 is 27.5 Å². The molecule has 0 aromatic carbocycles. The molecule has 0 amide bonds. The number of hydrogen-bond donors (Lipinski definition) is 0. The lowest BCUT2D eigenvalue weighted by atomic mass is 10.3. The van der Waals surface area contributed by atoms with Crippen molar-refractivity contribution in [1.29, 1.82) is 0 Å². The highest BCUT2D eigenvalue weighted by molar-refractivity contribution is 9.10. The maximum Gasteiger partial charge on any atom is 0.153 e. The van der Waals surface area contributed by atoms with E-state index in [-0.39, 0.29) is 0 Å². The highest BCUT2D eigenvalue weighted by atomic mass is 79.9. The fourth-order valence-corrected chi connectivity index (χ4v) is 1.46. The monoisotopic (exact) mass is 246 g/mol. The molecule has 12 heavy (non-hydrogen) atoms. The van der Waals surface area contributed by atoms with E-state index in [2.05, 4.69) is 32.5 Å². The molecule has 1 aromatic rings. The van der Waals surface area contributed by atoms with E-state index in [4.69, 9.17) is 11.6 Å². The van der Waals surface area contributed by atoms with E-state index in [9.17, 15) is 0 Å². The summed E-state index contributed by atoms with van der Waals surface area (Å²) in [5.41, 5.74) is 0.907. The van der Waals surface area contributed by atoms with Crippen molar-refractivity contribution in [2.24, 2.45) is 0 Å². The minimum absolute atomic E-state index is 0.441. The van der Waals surface area contributed by atoms with Crippen molar-refractivity contribution in [2.75, 3.05) is 0 Å². The van der Waals surface area contributed by atoms with Crippen molar-refractivity contribution < 1.29 is 0 Å². The summed E-state index contributed by atoms with van der Waals surface area (Å²) < 4.78 is 0.775. The Hall–Kier alpha value is -0.410. The fourth-order valence-electron chi connectivity index (χ4n) is 0.807. The van der Waals surface area contributed by atoms with Gasteiger partial charge in [-0.3, -0.25) is 0 Å². The van der Waals surface area contributed by atoms with Crippen molar-refractivity contribution in [1.82, 2.24) is 9.97 Å². The topological polar surface area (TPSA) is 25.8 Å². The summed E-state index contributed by atoms with van der Waals surface area (Å²) in [7, 11) is 0. The maximum absolute atomic E-state index is 5.83. The number of aromatic nitrogens is 2. The lowest BCUT2D eigenvalue weighted by Crippen LogP contribution is -1.96. The summed E-state index contributed by atoms with van der Waals surface area (Å²) in [6.07, 6.45) is 2.40. The van der Waals surface area contributed by atoms with Crippen LogP contribution in [0.4, 0.5) is 0 Å². The standard InChI is InChI=1S/C8H8BrClN2/c1-3-5-7(9)8(10)12-6(4-2)11-5/h4H,2-3H2,1H3. The van der Waals surface area contributed by atoms with E-state index < -0.39 is 0 Å². The van der Waals surface area contributed by atoms with Crippen molar-refractivity contribution in [3.8, 4) is 0 Å². The van der Waals surface area contributed by atoms with Gasteiger partial charge < -0.3 is 0 Å². The van der Waals surface area contributed by atoms with Gasteiger partial charge in [0, 0.05) is 0 Å². The van der Waals surface area contributed by atoms with E-state index in [0.717, 1.165) is 16.6 Å². The molecule has 0 bridgehead atoms. The quantitative estimate of drug-likeness (QED) is 0.751. The summed E-state index contributed by atoms with van der Waals surface area (Å²) in [5.74, 6) is 0.569. The predicted octanol–water partition coefficient (Wildman–Crippen LogP) is 3.10. The number of halogens is 2. The number of rotatable bonds is 2. The van der Waals surface area contributed by atoms with Crippen LogP contribution in [0.5, 0.6) is 0 Å². The summed E-state index contributed by atoms with van der Waals surface area (Å²) in [6, 6.07) is 0. The van der Waals surface area contributed by atoms with Crippen LogP contribution in [0.1, 0.15) is 18.4 Å². The number of hydrogen-bond acceptors (Lipinski definition) is 2. The van der Waals surface area contributed by atoms with E-state index in [1.807, 2.05) is 6.92 Å². The summed E-state index contributed by atoms with van der Waals surface area (Å²) in [4.78, 5) is 8.20. The Kier molecular flexibility index (Phi) is 3.23. The van der Waals surface area contributed by atoms with Crippen LogP contribution < -0.4 is 0 Å². The summed E-state index contributed by atoms with van der Waals surface area (Å²) in [6.45, 7) is 5.59. The van der Waals surface area contributed by atoms with Gasteiger partial charge in [0.25, 0.3) is 0 Å². The third-order valence-corrected chi connectivity index (χ3v) is 2.75. The Bertz CT molecular complexity index is 312. The zero-order valence-corrected chi connectivity index (χ0v) is 8.98. The molecule has 0 N–H and O–H groups in total. The maximum atomic E-state index is 5.83. The molecule has 0 aliphatic carbocycles. The molecule has 1 aromatic heterocycles. The Morgan fingerprint density at radius 2 is 2.25 bits per heavy atom. The first-order chi connectivity index (χ1) is 5.69. The second-order valence-corrected chi connectivity index (χ2v) is 3.34. The minimum atomic E-state index is 0.441. The average molecular weight is 248 g/mol. The molecule has 0 saturated heterocycles. The molecule has 0 saturated carbocycles. The van der Waals surface area contributed by atoms with E-state index in [1.54, 1.807) is 6.08 Å². The van der Waals surface area contributed by atoms with E-state index in [0.29, 0.717) is 11.0 Å². The van der Waals surface area contributed by atoms with Crippen molar-refractivity contribution >= 4 is 33.6 Å². The molecule has 0 aliphatic heterocycles. The molecule has 1 rings (SSSR count). The molecule has 0 aliphatic rings. The van der Waals surface area contributed by atoms with Gasteiger partial charge in [0.15, 0.2) is 5.82 Å². The van der Waals surface area contributed by atoms with Gasteiger partial charge in [0.05, 0.1) is 10.2 Å². The Morgan fingerprint density at radius 1 is 1.58 bits per heavy atom. The molecule has 0 unspecified atom stereocenters. The first-order valence-corrected chi connectivity index (χ1v) is 4.70. The minimum Gasteiger partial charge on any atom is -0.232 e. The van der Waals surface area contributed by atoms with Gasteiger partial charge in [-0.25, -0.2) is 9.97 Å². The van der Waals surface area contributed by atoms with Gasteiger partial charge >= 0.3 is 0 Å². The number of aryl methyl sites for hydroxylation is 1. The normalized spacial score (nSPS) is 9.92. The van der Waals surface area contributed by atoms with Crippen LogP contribution in [0, 0.1) is 0 Å². The number of nitrogens with zero attached hydrogens (tertiary/aromatic N) is 2. The molecule has 64 valence electrons. The third-order valence-electron chi connectivity index (χ3n) is 1.41. The molecular formula is C8H8BrClN2. The first-order valence-electron chi connectivity index (χ1n) is 3.53. The average Bonchev–Trinajstić information content (AvgIpc) is 2.09. The van der Waals surface area contributed by atoms with Gasteiger partial charge in [-0.1, -0.05) is 25.1 Å². The van der Waals surface area contributed by atoms with E-state index >= 15 is 0 Å². The summed E-state index contributed by atoms with van der Waals surface area (Å²) >= 11 is 9.14. The van der Waals surface area contributed by atoms with Crippen LogP contribution in [0.15, 0.2) is 11.1 Å². The molecule has 2 nitrogen and oxygen atoms in total. The van der Waals surface area contributed by atoms with Gasteiger partial charge in [0.1, 0.15) is 5.15 Å². The molecule has 0 spiro atoms. The molecule has 4 heteroatoms. The van der Waals surface area contributed by atoms with Crippen LogP contribution in [-0.4, -0.2) is 9.97 Å². The molecule has 1 heterocycles. The lowest BCUT2D eigenvalue weighted by Gasteiger charge is -2.02. The first kappa shape index (κ1) is 9.68. The zero-order valence-electron chi connectivity index (χ0n) is 6.64. The second-order valence-electron chi connectivity index (χ2n) is 2.19. The van der Waals surface area contributed by atoms with Gasteiger partial charge in [0.2, 0.25) is 0 Å². The van der Waals surface area contributed by atoms with Gasteiger partial charge in [-0.2, -0.15) is 0 Å². The highest BCUT2D eigenvalue weighted by Crippen LogP contribution is 2.23. The van der Waals surface area contributed by atoms with Crippen molar-refractivity contribution in [2.45, 2.75) is 13.3 Å². The third kappa shape index (κ3) is 1.84. The van der Waals surface area contributed by atoms with Crippen LogP contribution in [0.3, 0.4) is 0 Å². The van der Waals surface area contributed by atoms with Crippen molar-refractivity contribution in [3.63, 3.8) is 0 Å². The SMILES string of the molecule is C=Cc1nc(Cl)c(Br)c(CC)n1. The van der Waals surface area contributed by atoms with Crippen molar-refractivity contribution in [3.05, 3.63) is 27.7 Å². The fraction of sp³-hybridized carbons (Fsp3) is 0.250. The van der Waals surface area contributed by atoms with Crippen LogP contribution in [-0.2, 0) is 6.42 Å². The van der Waals surface area contributed by atoms with Gasteiger partial charge in [-0.05, 0) is 28.4 Å². The smallest absolute Gasteiger partial charge is 0.153 e. The highest BCUT2D eigenvalue weighted by Gasteiger charge is 2.06. The Balaban J connectivity index is 3.28. The molecule has 0 radical (unpaired) electrons. The lowest BCUT2D eigenvalue weighted by molar-refractivity contribution is 0.972. The van der Waals surface area contributed by atoms with Crippen LogP contribution in [0.2, 0.25) is 5.15 Å². The summed E-state index contributed by atoms with van der Waals surface area (Å²) in [5, 5.41) is 0.441. The van der Waals surface area contributed by atoms with Crippen LogP contribution in [0.25, 0.3) is 6.08 Å². The predicted molar refractivity (Wildman–Crippen MR) is 54.2 cm³/mol. The molecular weight excluding hydrogens is 239 g/mol. The second kappa shape index (κ2) is 4.01. The Labute approximate surface area is 84.8 Å². The van der Waals surface area contributed by atoms with Gasteiger partial charge in [-0.15, -0.1) is 0 Å². The molecule has 0 atom stereocenters. The largest absolute Gasteiger partial charge is 0.232 e. The Morgan fingerprint density at radius 3 is 2.75 bits per heavy atom.